The molecule has 0 radical (unpaired) electrons. The Kier molecular flexibility index (Phi) is 5.86. The molecule has 0 fully saturated rings. The van der Waals surface area contributed by atoms with Crippen molar-refractivity contribution in [2.75, 3.05) is 14.2 Å². The fraction of sp³-hybridized carbons (Fsp3) is 0.0833. The molecule has 4 aromatic rings. The van der Waals surface area contributed by atoms with Crippen molar-refractivity contribution >= 4 is 17.0 Å². The molecule has 31 heavy (non-hydrogen) atoms. The van der Waals surface area contributed by atoms with E-state index in [2.05, 4.69) is 0 Å². The van der Waals surface area contributed by atoms with Crippen LogP contribution in [0.4, 0.5) is 5.69 Å². The Labute approximate surface area is 182 Å². The van der Waals surface area contributed by atoms with Gasteiger partial charge >= 0.3 is 0 Å². The van der Waals surface area contributed by atoms with E-state index in [1.807, 2.05) is 36.4 Å². The van der Waals surface area contributed by atoms with E-state index in [0.717, 1.165) is 16.2 Å². The van der Waals surface area contributed by atoms with Crippen LogP contribution >= 0.6 is 11.3 Å². The first-order chi connectivity index (χ1) is 15.1. The SMILES string of the molecule is COc1ccc(N=c2sc(-c3ccc(O)cc3)cc(=O)n2-c2ccc(OC)cc2)cc1. The standard InChI is InChI=1S/C24H20N2O4S/c1-29-20-11-5-17(6-12-20)25-24-26(18-7-13-21(30-2)14-8-18)23(28)15-22(31-24)16-3-9-19(27)10-4-16/h3-15,27H,1-2H3. The number of methoxy groups -OCH3 is 2. The van der Waals surface area contributed by atoms with Gasteiger partial charge in [0.1, 0.15) is 17.2 Å². The third-order valence-electron chi connectivity index (χ3n) is 4.65. The van der Waals surface area contributed by atoms with E-state index in [4.69, 9.17) is 14.5 Å². The number of phenolic OH excluding ortho intramolecular Hbond substituents is 1. The molecule has 0 aliphatic rings. The van der Waals surface area contributed by atoms with Gasteiger partial charge in [0.05, 0.1) is 25.6 Å². The fourth-order valence-electron chi connectivity index (χ4n) is 3.02. The summed E-state index contributed by atoms with van der Waals surface area (Å²) in [5.74, 6) is 1.60. The summed E-state index contributed by atoms with van der Waals surface area (Å²) in [4.78, 5) is 19.2. The number of aromatic hydroxyl groups is 1. The molecule has 156 valence electrons. The number of benzene rings is 3. The smallest absolute Gasteiger partial charge is 0.258 e. The summed E-state index contributed by atoms with van der Waals surface area (Å²) in [5, 5.41) is 9.58. The summed E-state index contributed by atoms with van der Waals surface area (Å²) in [5.41, 5.74) is 2.00. The van der Waals surface area contributed by atoms with E-state index in [1.165, 1.54) is 11.3 Å². The van der Waals surface area contributed by atoms with Gasteiger partial charge < -0.3 is 14.6 Å². The predicted octanol–water partition coefficient (Wildman–Crippen LogP) is 4.52. The van der Waals surface area contributed by atoms with Crippen LogP contribution in [-0.4, -0.2) is 23.9 Å². The molecule has 0 atom stereocenters. The fourth-order valence-corrected chi connectivity index (χ4v) is 4.07. The molecule has 1 N–H and O–H groups in total. The summed E-state index contributed by atoms with van der Waals surface area (Å²) >= 11 is 1.38. The zero-order chi connectivity index (χ0) is 21.8. The second kappa shape index (κ2) is 8.89. The lowest BCUT2D eigenvalue weighted by molar-refractivity contribution is 0.414. The first-order valence-electron chi connectivity index (χ1n) is 9.47. The molecule has 1 aromatic heterocycles. The number of rotatable bonds is 5. The van der Waals surface area contributed by atoms with Crippen LogP contribution in [0.5, 0.6) is 17.2 Å². The Morgan fingerprint density at radius 1 is 0.839 bits per heavy atom. The van der Waals surface area contributed by atoms with Crippen molar-refractivity contribution in [1.82, 2.24) is 4.57 Å². The third kappa shape index (κ3) is 4.51. The van der Waals surface area contributed by atoms with Gasteiger partial charge in [-0.3, -0.25) is 9.36 Å². The maximum Gasteiger partial charge on any atom is 0.258 e. The highest BCUT2D eigenvalue weighted by molar-refractivity contribution is 7.12. The highest BCUT2D eigenvalue weighted by atomic mass is 32.1. The molecular formula is C24H20N2O4S. The normalized spacial score (nSPS) is 11.4. The maximum absolute atomic E-state index is 13.2. The van der Waals surface area contributed by atoms with E-state index in [1.54, 1.807) is 61.3 Å². The molecule has 0 amide bonds. The number of hydrogen-bond acceptors (Lipinski definition) is 6. The lowest BCUT2D eigenvalue weighted by Crippen LogP contribution is -2.29. The molecule has 0 aliphatic heterocycles. The Balaban J connectivity index is 1.93. The molecule has 3 aromatic carbocycles. The molecule has 0 bridgehead atoms. The highest BCUT2D eigenvalue weighted by Crippen LogP contribution is 2.24. The molecule has 0 unspecified atom stereocenters. The van der Waals surface area contributed by atoms with Crippen LogP contribution in [0.2, 0.25) is 0 Å². The molecule has 4 rings (SSSR count). The van der Waals surface area contributed by atoms with E-state index in [-0.39, 0.29) is 11.3 Å². The third-order valence-corrected chi connectivity index (χ3v) is 5.68. The van der Waals surface area contributed by atoms with Crippen molar-refractivity contribution in [2.45, 2.75) is 0 Å². The summed E-state index contributed by atoms with van der Waals surface area (Å²) < 4.78 is 12.0. The summed E-state index contributed by atoms with van der Waals surface area (Å²) in [6.45, 7) is 0. The van der Waals surface area contributed by atoms with Gasteiger partial charge in [0.25, 0.3) is 5.56 Å². The van der Waals surface area contributed by atoms with E-state index >= 15 is 0 Å². The zero-order valence-corrected chi connectivity index (χ0v) is 17.8. The van der Waals surface area contributed by atoms with Crippen LogP contribution in [-0.2, 0) is 0 Å². The minimum atomic E-state index is -0.209. The maximum atomic E-state index is 13.2. The number of aromatic nitrogens is 1. The average Bonchev–Trinajstić information content (AvgIpc) is 2.80. The topological polar surface area (TPSA) is 73.0 Å². The van der Waals surface area contributed by atoms with Crippen molar-refractivity contribution in [3.8, 4) is 33.4 Å². The second-order valence-corrected chi connectivity index (χ2v) is 7.63. The van der Waals surface area contributed by atoms with Gasteiger partial charge in [0, 0.05) is 10.9 Å². The van der Waals surface area contributed by atoms with E-state index < -0.39 is 0 Å². The van der Waals surface area contributed by atoms with Gasteiger partial charge in [0.15, 0.2) is 4.80 Å². The Morgan fingerprint density at radius 2 is 1.42 bits per heavy atom. The van der Waals surface area contributed by atoms with Crippen molar-refractivity contribution < 1.29 is 14.6 Å². The van der Waals surface area contributed by atoms with Crippen LogP contribution in [0.25, 0.3) is 16.1 Å². The Morgan fingerprint density at radius 3 is 2.00 bits per heavy atom. The lowest BCUT2D eigenvalue weighted by Gasteiger charge is -2.09. The molecular weight excluding hydrogens is 412 g/mol. The first-order valence-corrected chi connectivity index (χ1v) is 10.3. The minimum absolute atomic E-state index is 0.170. The van der Waals surface area contributed by atoms with Crippen LogP contribution in [0, 0.1) is 0 Å². The largest absolute Gasteiger partial charge is 0.508 e. The van der Waals surface area contributed by atoms with Crippen molar-refractivity contribution in [1.29, 1.82) is 0 Å². The van der Waals surface area contributed by atoms with Crippen molar-refractivity contribution in [3.05, 3.63) is 94.0 Å². The molecule has 0 aliphatic carbocycles. The first kappa shape index (κ1) is 20.4. The summed E-state index contributed by atoms with van der Waals surface area (Å²) in [6, 6.07) is 22.9. The number of phenols is 1. The predicted molar refractivity (Wildman–Crippen MR) is 122 cm³/mol. The molecule has 6 nitrogen and oxygen atoms in total. The second-order valence-electron chi connectivity index (χ2n) is 6.62. The monoisotopic (exact) mass is 432 g/mol. The molecule has 0 saturated carbocycles. The van der Waals surface area contributed by atoms with E-state index in [9.17, 15) is 9.90 Å². The van der Waals surface area contributed by atoms with Gasteiger partial charge in [-0.15, -0.1) is 0 Å². The van der Waals surface area contributed by atoms with Crippen LogP contribution < -0.4 is 19.8 Å². The molecule has 7 heteroatoms. The Bertz CT molecular complexity index is 1310. The van der Waals surface area contributed by atoms with Crippen molar-refractivity contribution in [3.63, 3.8) is 0 Å². The van der Waals surface area contributed by atoms with Gasteiger partial charge in [0.2, 0.25) is 0 Å². The van der Waals surface area contributed by atoms with Gasteiger partial charge in [-0.05, 0) is 78.4 Å². The average molecular weight is 433 g/mol. The number of ether oxygens (including phenoxy) is 2. The van der Waals surface area contributed by atoms with Crippen LogP contribution in [0.15, 0.2) is 88.6 Å². The van der Waals surface area contributed by atoms with Crippen molar-refractivity contribution in [2.24, 2.45) is 4.99 Å². The summed E-state index contributed by atoms with van der Waals surface area (Å²) in [7, 11) is 3.21. The summed E-state index contributed by atoms with van der Waals surface area (Å²) in [6.07, 6.45) is 0. The number of nitrogens with zero attached hydrogens (tertiary/aromatic N) is 2. The molecule has 1 heterocycles. The minimum Gasteiger partial charge on any atom is -0.508 e. The molecule has 0 spiro atoms. The quantitative estimate of drug-likeness (QED) is 0.503. The van der Waals surface area contributed by atoms with Gasteiger partial charge in [-0.2, -0.15) is 0 Å². The Hall–Kier alpha value is -3.84. The van der Waals surface area contributed by atoms with Crippen LogP contribution in [0.3, 0.4) is 0 Å². The van der Waals surface area contributed by atoms with Gasteiger partial charge in [-0.1, -0.05) is 11.3 Å². The van der Waals surface area contributed by atoms with Crippen LogP contribution in [0.1, 0.15) is 0 Å². The lowest BCUT2D eigenvalue weighted by atomic mass is 10.2. The zero-order valence-electron chi connectivity index (χ0n) is 17.0. The molecule has 0 saturated heterocycles. The number of hydrogen-bond donors (Lipinski definition) is 1. The van der Waals surface area contributed by atoms with Gasteiger partial charge in [-0.25, -0.2) is 4.99 Å². The van der Waals surface area contributed by atoms with E-state index in [0.29, 0.717) is 21.9 Å². The highest BCUT2D eigenvalue weighted by Gasteiger charge is 2.09.